The number of carbonyl (C=O) groups is 1. The number of aromatic nitrogens is 1. The predicted octanol–water partition coefficient (Wildman–Crippen LogP) is 2.01. The molecule has 130 valence electrons. The van der Waals surface area contributed by atoms with Crippen molar-refractivity contribution in [2.45, 2.75) is 18.9 Å². The highest BCUT2D eigenvalue weighted by molar-refractivity contribution is 5.78. The second kappa shape index (κ2) is 6.35. The van der Waals surface area contributed by atoms with Crippen molar-refractivity contribution < 1.29 is 13.9 Å². The molecule has 5 nitrogen and oxygen atoms in total. The minimum atomic E-state index is -0.473. The first-order valence-corrected chi connectivity index (χ1v) is 8.46. The molecule has 1 aromatic carbocycles. The van der Waals surface area contributed by atoms with Crippen molar-refractivity contribution in [3.05, 3.63) is 64.3 Å². The van der Waals surface area contributed by atoms with Crippen molar-refractivity contribution in [2.24, 2.45) is 5.92 Å². The molecule has 0 radical (unpaired) electrons. The quantitative estimate of drug-likeness (QED) is 0.857. The predicted molar refractivity (Wildman–Crippen MR) is 90.0 cm³/mol. The maximum atomic E-state index is 13.6. The number of para-hydroxylation sites is 1. The van der Waals surface area contributed by atoms with Gasteiger partial charge in [-0.1, -0.05) is 18.2 Å². The highest BCUT2D eigenvalue weighted by Gasteiger charge is 2.36. The van der Waals surface area contributed by atoms with Gasteiger partial charge in [-0.15, -0.1) is 0 Å². The van der Waals surface area contributed by atoms with Crippen molar-refractivity contribution in [3.63, 3.8) is 0 Å². The van der Waals surface area contributed by atoms with Gasteiger partial charge in [0.2, 0.25) is 0 Å². The Morgan fingerprint density at radius 2 is 1.96 bits per heavy atom. The van der Waals surface area contributed by atoms with Crippen LogP contribution in [0.3, 0.4) is 0 Å². The molecule has 1 aromatic heterocycles. The van der Waals surface area contributed by atoms with E-state index in [2.05, 4.69) is 0 Å². The molecule has 0 saturated carbocycles. The second-order valence-electron chi connectivity index (χ2n) is 6.72. The van der Waals surface area contributed by atoms with Crippen LogP contribution < -0.4 is 10.3 Å². The van der Waals surface area contributed by atoms with Gasteiger partial charge in [-0.2, -0.15) is 0 Å². The maximum Gasteiger partial charge on any atom is 0.260 e. The highest BCUT2D eigenvalue weighted by Crippen LogP contribution is 2.34. The lowest BCUT2D eigenvalue weighted by atomic mass is 9.83. The third-order valence-electron chi connectivity index (χ3n) is 5.02. The van der Waals surface area contributed by atoms with Gasteiger partial charge < -0.3 is 14.2 Å². The molecule has 0 N–H and O–H groups in total. The van der Waals surface area contributed by atoms with Gasteiger partial charge in [0.25, 0.3) is 11.5 Å². The first kappa shape index (κ1) is 15.9. The minimum Gasteiger partial charge on any atom is -0.481 e. The molecule has 4 rings (SSSR count). The van der Waals surface area contributed by atoms with Crippen LogP contribution in [0, 0.1) is 11.7 Å². The summed E-state index contributed by atoms with van der Waals surface area (Å²) in [5.74, 6) is -0.101. The summed E-state index contributed by atoms with van der Waals surface area (Å²) in [5, 5.41) is 0. The number of halogens is 1. The lowest BCUT2D eigenvalue weighted by Gasteiger charge is -2.42. The molecular weight excluding hydrogens is 323 g/mol. The van der Waals surface area contributed by atoms with Crippen LogP contribution in [0.5, 0.6) is 5.75 Å². The van der Waals surface area contributed by atoms with Gasteiger partial charge in [-0.05, 0) is 30.5 Å². The van der Waals surface area contributed by atoms with Crippen molar-refractivity contribution in [1.82, 2.24) is 9.47 Å². The molecule has 2 aliphatic heterocycles. The van der Waals surface area contributed by atoms with E-state index in [0.717, 1.165) is 12.1 Å². The van der Waals surface area contributed by atoms with E-state index < -0.39 is 5.82 Å². The Morgan fingerprint density at radius 1 is 1.12 bits per heavy atom. The number of amides is 1. The zero-order valence-corrected chi connectivity index (χ0v) is 13.7. The largest absolute Gasteiger partial charge is 0.481 e. The van der Waals surface area contributed by atoms with Gasteiger partial charge in [-0.3, -0.25) is 9.59 Å². The molecule has 1 saturated heterocycles. The molecule has 2 aromatic rings. The SMILES string of the molecule is O=C(COc1ccccc1F)N1C[C@H]2C[C@@H](C1)c1cccc(=O)n1C2. The van der Waals surface area contributed by atoms with E-state index in [-0.39, 0.29) is 35.7 Å². The first-order valence-electron chi connectivity index (χ1n) is 8.46. The van der Waals surface area contributed by atoms with Crippen LogP contribution in [0.4, 0.5) is 4.39 Å². The summed E-state index contributed by atoms with van der Waals surface area (Å²) >= 11 is 0. The lowest BCUT2D eigenvalue weighted by molar-refractivity contribution is -0.136. The van der Waals surface area contributed by atoms with E-state index in [1.165, 1.54) is 12.1 Å². The molecule has 3 heterocycles. The molecular formula is C19H19FN2O3. The van der Waals surface area contributed by atoms with Crippen LogP contribution in [-0.2, 0) is 11.3 Å². The average molecular weight is 342 g/mol. The summed E-state index contributed by atoms with van der Waals surface area (Å²) in [5.41, 5.74) is 1.02. The number of fused-ring (bicyclic) bond motifs is 4. The van der Waals surface area contributed by atoms with E-state index in [4.69, 9.17) is 4.74 Å². The number of carbonyl (C=O) groups excluding carboxylic acids is 1. The summed E-state index contributed by atoms with van der Waals surface area (Å²) in [6.07, 6.45) is 0.988. The third-order valence-corrected chi connectivity index (χ3v) is 5.02. The van der Waals surface area contributed by atoms with E-state index in [1.807, 2.05) is 10.6 Å². The van der Waals surface area contributed by atoms with Crippen LogP contribution in [-0.4, -0.2) is 35.1 Å². The Labute approximate surface area is 144 Å². The number of ether oxygens (including phenoxy) is 1. The number of rotatable bonds is 3. The highest BCUT2D eigenvalue weighted by atomic mass is 19.1. The molecule has 2 atom stereocenters. The molecule has 0 unspecified atom stereocenters. The van der Waals surface area contributed by atoms with E-state index in [0.29, 0.717) is 19.6 Å². The fraction of sp³-hybridized carbons (Fsp3) is 0.368. The van der Waals surface area contributed by atoms with Gasteiger partial charge in [0.15, 0.2) is 18.2 Å². The van der Waals surface area contributed by atoms with Gasteiger partial charge in [0, 0.05) is 37.3 Å². The van der Waals surface area contributed by atoms with Gasteiger partial charge >= 0.3 is 0 Å². The number of benzene rings is 1. The van der Waals surface area contributed by atoms with E-state index in [1.54, 1.807) is 29.2 Å². The lowest BCUT2D eigenvalue weighted by Crippen LogP contribution is -2.50. The van der Waals surface area contributed by atoms with Crippen LogP contribution in [0.2, 0.25) is 0 Å². The molecule has 1 fully saturated rings. The molecule has 6 heteroatoms. The van der Waals surface area contributed by atoms with E-state index >= 15 is 0 Å². The number of piperidine rings is 1. The summed E-state index contributed by atoms with van der Waals surface area (Å²) in [7, 11) is 0. The number of hydrogen-bond donors (Lipinski definition) is 0. The normalized spacial score (nSPS) is 21.6. The molecule has 0 spiro atoms. The number of pyridine rings is 1. The van der Waals surface area contributed by atoms with Crippen molar-refractivity contribution in [3.8, 4) is 5.75 Å². The van der Waals surface area contributed by atoms with Crippen LogP contribution in [0.15, 0.2) is 47.3 Å². The fourth-order valence-electron chi connectivity index (χ4n) is 3.89. The Kier molecular flexibility index (Phi) is 4.03. The average Bonchev–Trinajstić information content (AvgIpc) is 2.61. The summed E-state index contributed by atoms with van der Waals surface area (Å²) in [6, 6.07) is 11.4. The molecule has 1 amide bonds. The number of nitrogens with zero attached hydrogens (tertiary/aromatic N) is 2. The van der Waals surface area contributed by atoms with Crippen LogP contribution in [0.1, 0.15) is 18.0 Å². The summed E-state index contributed by atoms with van der Waals surface area (Å²) in [6.45, 7) is 1.64. The van der Waals surface area contributed by atoms with Gasteiger partial charge in [0.05, 0.1) is 0 Å². The fourth-order valence-corrected chi connectivity index (χ4v) is 3.89. The molecule has 25 heavy (non-hydrogen) atoms. The Bertz CT molecular complexity index is 864. The molecule has 0 aliphatic carbocycles. The van der Waals surface area contributed by atoms with Gasteiger partial charge in [0.1, 0.15) is 0 Å². The van der Waals surface area contributed by atoms with E-state index in [9.17, 15) is 14.0 Å². The van der Waals surface area contributed by atoms with Crippen molar-refractivity contribution >= 4 is 5.91 Å². The summed E-state index contributed by atoms with van der Waals surface area (Å²) < 4.78 is 20.8. The van der Waals surface area contributed by atoms with Gasteiger partial charge in [-0.25, -0.2) is 4.39 Å². The summed E-state index contributed by atoms with van der Waals surface area (Å²) in [4.78, 5) is 26.3. The van der Waals surface area contributed by atoms with Crippen LogP contribution in [0.25, 0.3) is 0 Å². The topological polar surface area (TPSA) is 51.5 Å². The smallest absolute Gasteiger partial charge is 0.260 e. The minimum absolute atomic E-state index is 0.0230. The first-order chi connectivity index (χ1) is 12.1. The van der Waals surface area contributed by atoms with Crippen molar-refractivity contribution in [2.75, 3.05) is 19.7 Å². The monoisotopic (exact) mass is 342 g/mol. The standard InChI is InChI=1S/C19H19FN2O3/c20-15-4-1-2-6-17(15)25-12-19(24)21-9-13-8-14(11-21)16-5-3-7-18(23)22(16)10-13/h1-7,13-14H,8-12H2/t13-,14+/m1/s1. The Balaban J connectivity index is 1.46. The Morgan fingerprint density at radius 3 is 2.80 bits per heavy atom. The second-order valence-corrected chi connectivity index (χ2v) is 6.72. The zero-order valence-electron chi connectivity index (χ0n) is 13.7. The molecule has 2 bridgehead atoms. The van der Waals surface area contributed by atoms with Crippen LogP contribution >= 0.6 is 0 Å². The zero-order chi connectivity index (χ0) is 17.4. The Hall–Kier alpha value is -2.63. The third kappa shape index (κ3) is 3.04. The molecule has 2 aliphatic rings. The van der Waals surface area contributed by atoms with Crippen molar-refractivity contribution in [1.29, 1.82) is 0 Å². The number of likely N-dealkylation sites (tertiary alicyclic amines) is 1. The maximum absolute atomic E-state index is 13.6. The number of hydrogen-bond acceptors (Lipinski definition) is 3.